The molecule has 0 aliphatic rings. The zero-order chi connectivity index (χ0) is 22.3. The molecule has 1 atom stereocenters. The molecule has 3 rings (SSSR count). The number of amides is 1. The van der Waals surface area contributed by atoms with Gasteiger partial charge >= 0.3 is 6.36 Å². The van der Waals surface area contributed by atoms with Crippen molar-refractivity contribution in [2.45, 2.75) is 25.2 Å². The molecule has 0 radical (unpaired) electrons. The van der Waals surface area contributed by atoms with Gasteiger partial charge in [-0.15, -0.1) is 13.2 Å². The van der Waals surface area contributed by atoms with Crippen molar-refractivity contribution in [2.24, 2.45) is 5.73 Å². The van der Waals surface area contributed by atoms with Crippen LogP contribution in [0.4, 0.5) is 13.2 Å². The van der Waals surface area contributed by atoms with E-state index < -0.39 is 23.4 Å². The Morgan fingerprint density at radius 3 is 2.57 bits per heavy atom. The fraction of sp³-hybridized carbons (Fsp3) is 0.222. The maximum atomic E-state index is 12.6. The molecular weight excluding hydrogens is 446 g/mol. The van der Waals surface area contributed by atoms with Crippen molar-refractivity contribution in [3.8, 4) is 11.8 Å². The van der Waals surface area contributed by atoms with Gasteiger partial charge in [-0.2, -0.15) is 20.3 Å². The third kappa shape index (κ3) is 4.42. The van der Waals surface area contributed by atoms with Crippen LogP contribution in [0, 0.1) is 11.3 Å². The van der Waals surface area contributed by atoms with Gasteiger partial charge in [0.25, 0.3) is 0 Å². The molecule has 30 heavy (non-hydrogen) atoms. The first-order chi connectivity index (χ1) is 13.9. The Morgan fingerprint density at radius 1 is 1.27 bits per heavy atom. The molecule has 2 aromatic carbocycles. The average Bonchev–Trinajstić information content (AvgIpc) is 3.02. The zero-order valence-corrected chi connectivity index (χ0v) is 16.7. The number of benzene rings is 2. The fourth-order valence-electron chi connectivity index (χ4n) is 2.92. The van der Waals surface area contributed by atoms with Crippen LogP contribution >= 0.6 is 23.2 Å². The van der Waals surface area contributed by atoms with Crippen LogP contribution in [-0.4, -0.2) is 27.3 Å². The summed E-state index contributed by atoms with van der Waals surface area (Å²) in [6.07, 6.45) is -4.95. The molecule has 1 aromatic heterocycles. The predicted molar refractivity (Wildman–Crippen MR) is 102 cm³/mol. The highest BCUT2D eigenvalue weighted by Gasteiger charge is 2.35. The molecule has 0 spiro atoms. The van der Waals surface area contributed by atoms with E-state index in [1.54, 1.807) is 0 Å². The van der Waals surface area contributed by atoms with E-state index in [0.717, 1.165) is 23.0 Å². The first-order valence-electron chi connectivity index (χ1n) is 8.23. The SMILES string of the molecule is CC(C#N)(Cn1nc2cc(Cl)cc(Cl)c2n1)c1cc(OC(F)(F)F)ccc1C(N)=O. The molecule has 0 aliphatic carbocycles. The molecule has 12 heteroatoms. The summed E-state index contributed by atoms with van der Waals surface area (Å²) in [4.78, 5) is 13.0. The molecule has 1 unspecified atom stereocenters. The van der Waals surface area contributed by atoms with Gasteiger partial charge in [0.2, 0.25) is 5.91 Å². The van der Waals surface area contributed by atoms with Gasteiger partial charge in [0.15, 0.2) is 0 Å². The fourth-order valence-corrected chi connectivity index (χ4v) is 3.44. The van der Waals surface area contributed by atoms with Gasteiger partial charge < -0.3 is 10.5 Å². The lowest BCUT2D eigenvalue weighted by Crippen LogP contribution is -2.31. The molecule has 0 fully saturated rings. The second-order valence-electron chi connectivity index (χ2n) is 6.55. The number of carbonyl (C=O) groups is 1. The molecule has 3 aromatic rings. The highest BCUT2D eigenvalue weighted by Crippen LogP contribution is 2.34. The molecule has 0 saturated carbocycles. The van der Waals surface area contributed by atoms with Crippen molar-refractivity contribution >= 4 is 40.1 Å². The Balaban J connectivity index is 2.09. The Bertz CT molecular complexity index is 1190. The summed E-state index contributed by atoms with van der Waals surface area (Å²) >= 11 is 12.0. The van der Waals surface area contributed by atoms with E-state index in [2.05, 4.69) is 14.9 Å². The van der Waals surface area contributed by atoms with E-state index in [1.165, 1.54) is 19.1 Å². The van der Waals surface area contributed by atoms with E-state index in [4.69, 9.17) is 28.9 Å². The quantitative estimate of drug-likeness (QED) is 0.617. The number of hydrogen-bond acceptors (Lipinski definition) is 5. The maximum absolute atomic E-state index is 12.6. The maximum Gasteiger partial charge on any atom is 0.573 e. The van der Waals surface area contributed by atoms with E-state index in [1.807, 2.05) is 6.07 Å². The van der Waals surface area contributed by atoms with Crippen LogP contribution in [0.5, 0.6) is 5.75 Å². The number of ether oxygens (including phenoxy) is 1. The lowest BCUT2D eigenvalue weighted by molar-refractivity contribution is -0.274. The molecule has 7 nitrogen and oxygen atoms in total. The second-order valence-corrected chi connectivity index (χ2v) is 7.39. The molecule has 0 saturated heterocycles. The van der Waals surface area contributed by atoms with Crippen LogP contribution in [0.15, 0.2) is 30.3 Å². The topological polar surface area (TPSA) is 107 Å². The van der Waals surface area contributed by atoms with Crippen molar-refractivity contribution < 1.29 is 22.7 Å². The van der Waals surface area contributed by atoms with Gasteiger partial charge in [0.05, 0.1) is 17.6 Å². The lowest BCUT2D eigenvalue weighted by atomic mass is 9.81. The van der Waals surface area contributed by atoms with Gasteiger partial charge in [-0.05, 0) is 42.8 Å². The number of nitriles is 1. The summed E-state index contributed by atoms with van der Waals surface area (Å²) in [5.41, 5.74) is 4.30. The van der Waals surface area contributed by atoms with Gasteiger partial charge in [-0.25, -0.2) is 0 Å². The first kappa shape index (κ1) is 21.7. The van der Waals surface area contributed by atoms with Crippen molar-refractivity contribution in [3.63, 3.8) is 0 Å². The third-order valence-electron chi connectivity index (χ3n) is 4.24. The summed E-state index contributed by atoms with van der Waals surface area (Å²) < 4.78 is 41.8. The van der Waals surface area contributed by atoms with Gasteiger partial charge in [0.1, 0.15) is 22.2 Å². The highest BCUT2D eigenvalue weighted by atomic mass is 35.5. The molecule has 156 valence electrons. The summed E-state index contributed by atoms with van der Waals surface area (Å²) in [5.74, 6) is -1.52. The normalized spacial score (nSPS) is 13.6. The molecule has 0 aliphatic heterocycles. The highest BCUT2D eigenvalue weighted by molar-refractivity contribution is 6.38. The first-order valence-corrected chi connectivity index (χ1v) is 8.99. The largest absolute Gasteiger partial charge is 0.573 e. The number of carbonyl (C=O) groups excluding carboxylic acids is 1. The summed E-state index contributed by atoms with van der Waals surface area (Å²) in [6.45, 7) is 1.19. The molecule has 0 bridgehead atoms. The van der Waals surface area contributed by atoms with Crippen molar-refractivity contribution in [1.82, 2.24) is 15.0 Å². The number of nitrogens with zero attached hydrogens (tertiary/aromatic N) is 4. The minimum atomic E-state index is -4.95. The summed E-state index contributed by atoms with van der Waals surface area (Å²) in [6, 6.07) is 7.94. The number of rotatable bonds is 5. The zero-order valence-electron chi connectivity index (χ0n) is 15.2. The number of aromatic nitrogens is 3. The summed E-state index contributed by atoms with van der Waals surface area (Å²) in [7, 11) is 0. The van der Waals surface area contributed by atoms with E-state index in [-0.39, 0.29) is 22.7 Å². The van der Waals surface area contributed by atoms with Crippen LogP contribution in [0.25, 0.3) is 11.0 Å². The van der Waals surface area contributed by atoms with E-state index in [0.29, 0.717) is 16.1 Å². The van der Waals surface area contributed by atoms with Crippen molar-refractivity contribution in [2.75, 3.05) is 0 Å². The smallest absolute Gasteiger partial charge is 0.406 e. The van der Waals surface area contributed by atoms with Crippen LogP contribution in [0.3, 0.4) is 0 Å². The number of fused-ring (bicyclic) bond motifs is 1. The molecular formula is C18H12Cl2F3N5O2. The standard InChI is InChI=1S/C18H12Cl2F3N5O2/c1-17(7-24,8-28-26-14-5-9(19)4-13(20)15(14)27-28)12-6-10(30-18(21,22)23)2-3-11(12)16(25)29/h2-6H,8H2,1H3,(H2,25,29). The third-order valence-corrected chi connectivity index (χ3v) is 4.74. The van der Waals surface area contributed by atoms with E-state index >= 15 is 0 Å². The molecule has 1 heterocycles. The van der Waals surface area contributed by atoms with Crippen LogP contribution < -0.4 is 10.5 Å². The number of hydrogen-bond donors (Lipinski definition) is 1. The minimum Gasteiger partial charge on any atom is -0.406 e. The molecule has 1 amide bonds. The average molecular weight is 458 g/mol. The Kier molecular flexibility index (Phi) is 5.54. The monoisotopic (exact) mass is 457 g/mol. The number of alkyl halides is 3. The number of nitrogens with two attached hydrogens (primary N) is 1. The van der Waals surface area contributed by atoms with Crippen molar-refractivity contribution in [1.29, 1.82) is 5.26 Å². The van der Waals surface area contributed by atoms with Gasteiger partial charge in [0, 0.05) is 10.6 Å². The Morgan fingerprint density at radius 2 is 1.97 bits per heavy atom. The predicted octanol–water partition coefficient (Wildman–Crippen LogP) is 4.22. The van der Waals surface area contributed by atoms with Crippen LogP contribution in [-0.2, 0) is 12.0 Å². The van der Waals surface area contributed by atoms with Crippen molar-refractivity contribution in [3.05, 3.63) is 51.5 Å². The summed E-state index contributed by atoms with van der Waals surface area (Å²) in [5, 5.41) is 18.8. The van der Waals surface area contributed by atoms with Crippen LogP contribution in [0.1, 0.15) is 22.8 Å². The van der Waals surface area contributed by atoms with Crippen LogP contribution in [0.2, 0.25) is 10.0 Å². The van der Waals surface area contributed by atoms with E-state index in [9.17, 15) is 23.2 Å². The van der Waals surface area contributed by atoms with Gasteiger partial charge in [-0.1, -0.05) is 23.2 Å². The second kappa shape index (κ2) is 7.66. The number of halogens is 5. The lowest BCUT2D eigenvalue weighted by Gasteiger charge is -2.24. The minimum absolute atomic E-state index is 0.0651. The number of primary amides is 1. The Hall–Kier alpha value is -3.03. The molecule has 2 N–H and O–H groups in total. The van der Waals surface area contributed by atoms with Gasteiger partial charge in [-0.3, -0.25) is 4.79 Å². The Labute approximate surface area is 177 Å².